The molecule has 0 unspecified atom stereocenters. The van der Waals surface area contributed by atoms with Crippen LogP contribution in [0, 0.1) is 0 Å². The Hall–Kier alpha value is -1.56. The Morgan fingerprint density at radius 2 is 2.23 bits per heavy atom. The topological polar surface area (TPSA) is 95.4 Å². The SMILES string of the molecule is NC(=O)COC(=O)c1sccc1N. The molecule has 0 saturated heterocycles. The van der Waals surface area contributed by atoms with E-state index in [0.717, 1.165) is 11.3 Å². The summed E-state index contributed by atoms with van der Waals surface area (Å²) in [6.45, 7) is -0.420. The summed E-state index contributed by atoms with van der Waals surface area (Å²) < 4.78 is 4.55. The quantitative estimate of drug-likeness (QED) is 0.670. The number of primary amides is 1. The second kappa shape index (κ2) is 3.90. The normalized spacial score (nSPS) is 9.54. The van der Waals surface area contributed by atoms with E-state index >= 15 is 0 Å². The number of amides is 1. The fourth-order valence-electron chi connectivity index (χ4n) is 0.687. The van der Waals surface area contributed by atoms with Gasteiger partial charge in [-0.15, -0.1) is 11.3 Å². The highest BCUT2D eigenvalue weighted by Crippen LogP contribution is 2.19. The number of nitrogen functional groups attached to an aromatic ring is 1. The van der Waals surface area contributed by atoms with Gasteiger partial charge in [0.05, 0.1) is 5.69 Å². The first-order valence-corrected chi connectivity index (χ1v) is 4.27. The molecule has 0 saturated carbocycles. The minimum Gasteiger partial charge on any atom is -0.451 e. The van der Waals surface area contributed by atoms with Crippen LogP contribution in [0.25, 0.3) is 0 Å². The standard InChI is InChI=1S/C7H8N2O3S/c8-4-1-2-13-6(4)7(11)12-3-5(9)10/h1-2H,3,8H2,(H2,9,10). The van der Waals surface area contributed by atoms with Crippen molar-refractivity contribution < 1.29 is 14.3 Å². The molecule has 1 heterocycles. The van der Waals surface area contributed by atoms with Crippen molar-refractivity contribution in [3.05, 3.63) is 16.3 Å². The van der Waals surface area contributed by atoms with Gasteiger partial charge in [-0.25, -0.2) is 4.79 Å². The van der Waals surface area contributed by atoms with Crippen LogP contribution >= 0.6 is 11.3 Å². The van der Waals surface area contributed by atoms with Gasteiger partial charge in [-0.05, 0) is 11.4 Å². The molecule has 0 spiro atoms. The summed E-state index contributed by atoms with van der Waals surface area (Å²) in [4.78, 5) is 21.7. The van der Waals surface area contributed by atoms with Crippen molar-refractivity contribution in [3.8, 4) is 0 Å². The molecule has 1 aromatic heterocycles. The summed E-state index contributed by atoms with van der Waals surface area (Å²) in [5.74, 6) is -1.31. The van der Waals surface area contributed by atoms with Crippen LogP contribution in [0.15, 0.2) is 11.4 Å². The lowest BCUT2D eigenvalue weighted by molar-refractivity contribution is -0.121. The van der Waals surface area contributed by atoms with Crippen LogP contribution in [0.2, 0.25) is 0 Å². The molecule has 1 aromatic rings. The summed E-state index contributed by atoms with van der Waals surface area (Å²) in [5.41, 5.74) is 10.6. The number of anilines is 1. The predicted molar refractivity (Wildman–Crippen MR) is 48.2 cm³/mol. The van der Waals surface area contributed by atoms with Gasteiger partial charge in [-0.3, -0.25) is 4.79 Å². The second-order valence-corrected chi connectivity index (χ2v) is 3.16. The lowest BCUT2D eigenvalue weighted by Crippen LogP contribution is -2.20. The van der Waals surface area contributed by atoms with Crippen molar-refractivity contribution in [2.45, 2.75) is 0 Å². The van der Waals surface area contributed by atoms with E-state index in [9.17, 15) is 9.59 Å². The molecular formula is C7H8N2O3S. The number of hydrogen-bond acceptors (Lipinski definition) is 5. The number of rotatable bonds is 3. The van der Waals surface area contributed by atoms with Gasteiger partial charge in [0, 0.05) is 0 Å². The first-order valence-electron chi connectivity index (χ1n) is 3.39. The van der Waals surface area contributed by atoms with Crippen LogP contribution in [0.1, 0.15) is 9.67 Å². The molecule has 0 radical (unpaired) electrons. The Morgan fingerprint density at radius 1 is 1.54 bits per heavy atom. The molecule has 4 N–H and O–H groups in total. The zero-order valence-electron chi connectivity index (χ0n) is 6.65. The zero-order chi connectivity index (χ0) is 9.84. The van der Waals surface area contributed by atoms with Gasteiger partial charge in [0.1, 0.15) is 4.88 Å². The molecule has 1 rings (SSSR count). The third-order valence-electron chi connectivity index (χ3n) is 1.23. The number of ether oxygens (including phenoxy) is 1. The molecule has 5 nitrogen and oxygen atoms in total. The number of carbonyl (C=O) groups is 2. The summed E-state index contributed by atoms with van der Waals surface area (Å²) in [6, 6.07) is 1.59. The van der Waals surface area contributed by atoms with Gasteiger partial charge in [0.25, 0.3) is 5.91 Å². The fraction of sp³-hybridized carbons (Fsp3) is 0.143. The number of hydrogen-bond donors (Lipinski definition) is 2. The van der Waals surface area contributed by atoms with Crippen molar-refractivity contribution >= 4 is 28.9 Å². The summed E-state index contributed by atoms with van der Waals surface area (Å²) in [5, 5.41) is 1.66. The van der Waals surface area contributed by atoms with Gasteiger partial charge in [0.2, 0.25) is 0 Å². The summed E-state index contributed by atoms with van der Waals surface area (Å²) in [7, 11) is 0. The van der Waals surface area contributed by atoms with Crippen LogP contribution in [0.5, 0.6) is 0 Å². The Bertz CT molecular complexity index is 334. The maximum absolute atomic E-state index is 11.1. The summed E-state index contributed by atoms with van der Waals surface area (Å²) in [6.07, 6.45) is 0. The van der Waals surface area contributed by atoms with Crippen molar-refractivity contribution in [1.82, 2.24) is 0 Å². The van der Waals surface area contributed by atoms with E-state index < -0.39 is 18.5 Å². The van der Waals surface area contributed by atoms with Gasteiger partial charge in [-0.2, -0.15) is 0 Å². The average Bonchev–Trinajstić information content (AvgIpc) is 2.47. The van der Waals surface area contributed by atoms with Gasteiger partial charge in [0.15, 0.2) is 6.61 Å². The minimum atomic E-state index is -0.691. The number of esters is 1. The first kappa shape index (κ1) is 9.53. The smallest absolute Gasteiger partial charge is 0.350 e. The second-order valence-electron chi connectivity index (χ2n) is 2.25. The van der Waals surface area contributed by atoms with Crippen molar-refractivity contribution in [2.24, 2.45) is 5.73 Å². The Morgan fingerprint density at radius 3 is 2.69 bits per heavy atom. The maximum atomic E-state index is 11.1. The van der Waals surface area contributed by atoms with Gasteiger partial charge < -0.3 is 16.2 Å². The highest BCUT2D eigenvalue weighted by atomic mass is 32.1. The number of thiophene rings is 1. The molecular weight excluding hydrogens is 192 g/mol. The Balaban J connectivity index is 2.59. The molecule has 0 aliphatic rings. The van der Waals surface area contributed by atoms with Crippen LogP contribution in [0.3, 0.4) is 0 Å². The lowest BCUT2D eigenvalue weighted by atomic mass is 10.4. The molecule has 1 amide bonds. The van der Waals surface area contributed by atoms with E-state index in [4.69, 9.17) is 11.5 Å². The van der Waals surface area contributed by atoms with Gasteiger partial charge >= 0.3 is 5.97 Å². The molecule has 13 heavy (non-hydrogen) atoms. The van der Waals surface area contributed by atoms with Crippen LogP contribution in [-0.4, -0.2) is 18.5 Å². The molecule has 0 atom stereocenters. The van der Waals surface area contributed by atoms with Crippen molar-refractivity contribution in [1.29, 1.82) is 0 Å². The van der Waals surface area contributed by atoms with E-state index in [2.05, 4.69) is 4.74 Å². The van der Waals surface area contributed by atoms with Gasteiger partial charge in [-0.1, -0.05) is 0 Å². The highest BCUT2D eigenvalue weighted by Gasteiger charge is 2.13. The molecule has 0 aliphatic carbocycles. The third-order valence-corrected chi connectivity index (χ3v) is 2.14. The van der Waals surface area contributed by atoms with Crippen LogP contribution < -0.4 is 11.5 Å². The lowest BCUT2D eigenvalue weighted by Gasteiger charge is -1.99. The summed E-state index contributed by atoms with van der Waals surface area (Å²) >= 11 is 1.16. The molecule has 0 fully saturated rings. The molecule has 6 heteroatoms. The van der Waals surface area contributed by atoms with E-state index in [-0.39, 0.29) is 0 Å². The number of nitrogens with two attached hydrogens (primary N) is 2. The molecule has 0 aliphatic heterocycles. The zero-order valence-corrected chi connectivity index (χ0v) is 7.47. The molecule has 0 bridgehead atoms. The molecule has 70 valence electrons. The molecule has 0 aromatic carbocycles. The van der Waals surface area contributed by atoms with Crippen molar-refractivity contribution in [3.63, 3.8) is 0 Å². The highest BCUT2D eigenvalue weighted by molar-refractivity contribution is 7.12. The predicted octanol–water partition coefficient (Wildman–Crippen LogP) is -0.0276. The third kappa shape index (κ3) is 2.45. The first-order chi connectivity index (χ1) is 6.11. The maximum Gasteiger partial charge on any atom is 0.350 e. The van der Waals surface area contributed by atoms with Crippen LogP contribution in [-0.2, 0) is 9.53 Å². The number of carbonyl (C=O) groups excluding carboxylic acids is 2. The Kier molecular flexibility index (Phi) is 2.86. The largest absolute Gasteiger partial charge is 0.451 e. The van der Waals surface area contributed by atoms with E-state index in [0.29, 0.717) is 10.6 Å². The average molecular weight is 200 g/mol. The van der Waals surface area contributed by atoms with E-state index in [1.54, 1.807) is 11.4 Å². The van der Waals surface area contributed by atoms with E-state index in [1.807, 2.05) is 0 Å². The van der Waals surface area contributed by atoms with Crippen LogP contribution in [0.4, 0.5) is 5.69 Å². The fourth-order valence-corrected chi connectivity index (χ4v) is 1.40. The van der Waals surface area contributed by atoms with E-state index in [1.165, 1.54) is 0 Å². The van der Waals surface area contributed by atoms with Crippen molar-refractivity contribution in [2.75, 3.05) is 12.3 Å². The minimum absolute atomic E-state index is 0.293. The monoisotopic (exact) mass is 200 g/mol. The Labute approximate surface area is 78.3 Å².